The Labute approximate surface area is 192 Å². The number of nitrogens with zero attached hydrogens (tertiary/aromatic N) is 3. The van der Waals surface area contributed by atoms with Crippen molar-refractivity contribution in [2.45, 2.75) is 31.3 Å². The summed E-state index contributed by atoms with van der Waals surface area (Å²) in [5.41, 5.74) is 4.25. The number of carbonyl (C=O) groups is 1. The predicted molar refractivity (Wildman–Crippen MR) is 130 cm³/mol. The maximum atomic E-state index is 12.3. The van der Waals surface area contributed by atoms with E-state index >= 15 is 0 Å². The van der Waals surface area contributed by atoms with Gasteiger partial charge in [-0.2, -0.15) is 0 Å². The first kappa shape index (κ1) is 21.8. The van der Waals surface area contributed by atoms with Gasteiger partial charge in [-0.1, -0.05) is 78.0 Å². The SMILES string of the molecule is Cc1ccc(NC(=O)CCCSc2nnc(Cc3ccccc3)n2-c2ccccc2)cc1. The zero-order valence-corrected chi connectivity index (χ0v) is 18.9. The third-order valence-electron chi connectivity index (χ3n) is 5.03. The highest BCUT2D eigenvalue weighted by molar-refractivity contribution is 7.99. The van der Waals surface area contributed by atoms with Gasteiger partial charge >= 0.3 is 0 Å². The quantitative estimate of drug-likeness (QED) is 0.268. The van der Waals surface area contributed by atoms with Crippen molar-refractivity contribution in [3.63, 3.8) is 0 Å². The van der Waals surface area contributed by atoms with E-state index in [-0.39, 0.29) is 5.91 Å². The fourth-order valence-electron chi connectivity index (χ4n) is 3.38. The van der Waals surface area contributed by atoms with Gasteiger partial charge in [-0.15, -0.1) is 10.2 Å². The number of hydrogen-bond acceptors (Lipinski definition) is 4. The molecule has 0 aliphatic carbocycles. The van der Waals surface area contributed by atoms with E-state index in [0.29, 0.717) is 12.8 Å². The van der Waals surface area contributed by atoms with E-state index in [1.807, 2.05) is 67.6 Å². The second-order valence-electron chi connectivity index (χ2n) is 7.60. The highest BCUT2D eigenvalue weighted by Crippen LogP contribution is 2.24. The standard InChI is InChI=1S/C26H26N4OS/c1-20-14-16-22(17-15-20)27-25(31)13-8-18-32-26-29-28-24(19-21-9-4-2-5-10-21)30(26)23-11-6-3-7-12-23/h2-7,9-12,14-17H,8,13,18-19H2,1H3,(H,27,31). The average Bonchev–Trinajstić information content (AvgIpc) is 3.21. The van der Waals surface area contributed by atoms with E-state index in [2.05, 4.69) is 44.3 Å². The molecule has 0 saturated carbocycles. The number of thioether (sulfide) groups is 1. The molecule has 1 aromatic heterocycles. The molecule has 3 aromatic carbocycles. The molecule has 1 amide bonds. The number of aryl methyl sites for hydroxylation is 1. The zero-order chi connectivity index (χ0) is 22.2. The number of hydrogen-bond donors (Lipinski definition) is 1. The van der Waals surface area contributed by atoms with Crippen LogP contribution in [0.5, 0.6) is 0 Å². The third-order valence-corrected chi connectivity index (χ3v) is 6.05. The molecule has 1 heterocycles. The van der Waals surface area contributed by atoms with E-state index in [9.17, 15) is 4.79 Å². The van der Waals surface area contributed by atoms with Crippen LogP contribution in [0.1, 0.15) is 29.8 Å². The van der Waals surface area contributed by atoms with Crippen molar-refractivity contribution in [1.29, 1.82) is 0 Å². The number of rotatable bonds is 9. The van der Waals surface area contributed by atoms with Crippen LogP contribution in [0, 0.1) is 6.92 Å². The second kappa shape index (κ2) is 10.8. The largest absolute Gasteiger partial charge is 0.326 e. The lowest BCUT2D eigenvalue weighted by atomic mass is 10.1. The van der Waals surface area contributed by atoms with Crippen molar-refractivity contribution < 1.29 is 4.79 Å². The number of benzene rings is 3. The molecule has 4 rings (SSSR count). The highest BCUT2D eigenvalue weighted by atomic mass is 32.2. The summed E-state index contributed by atoms with van der Waals surface area (Å²) < 4.78 is 2.12. The molecular weight excluding hydrogens is 416 g/mol. The summed E-state index contributed by atoms with van der Waals surface area (Å²) in [6, 6.07) is 28.3. The van der Waals surface area contributed by atoms with Crippen molar-refractivity contribution in [1.82, 2.24) is 14.8 Å². The smallest absolute Gasteiger partial charge is 0.224 e. The number of amides is 1. The molecule has 0 bridgehead atoms. The van der Waals surface area contributed by atoms with E-state index in [1.54, 1.807) is 11.8 Å². The van der Waals surface area contributed by atoms with Crippen LogP contribution in [0.2, 0.25) is 0 Å². The minimum atomic E-state index is 0.0312. The van der Waals surface area contributed by atoms with Gasteiger partial charge in [-0.3, -0.25) is 9.36 Å². The zero-order valence-electron chi connectivity index (χ0n) is 18.1. The first-order chi connectivity index (χ1) is 15.7. The van der Waals surface area contributed by atoms with Crippen molar-refractivity contribution >= 4 is 23.4 Å². The lowest BCUT2D eigenvalue weighted by Gasteiger charge is -2.10. The molecule has 0 saturated heterocycles. The van der Waals surface area contributed by atoms with Gasteiger partial charge in [-0.25, -0.2) is 0 Å². The van der Waals surface area contributed by atoms with Gasteiger partial charge in [0.15, 0.2) is 5.16 Å². The summed E-state index contributed by atoms with van der Waals surface area (Å²) in [6.07, 6.45) is 1.94. The fourth-order valence-corrected chi connectivity index (χ4v) is 4.29. The molecule has 0 aliphatic rings. The number of carbonyl (C=O) groups excluding carboxylic acids is 1. The molecule has 5 nitrogen and oxygen atoms in total. The molecular formula is C26H26N4OS. The maximum Gasteiger partial charge on any atom is 0.224 e. The van der Waals surface area contributed by atoms with Gasteiger partial charge < -0.3 is 5.32 Å². The Morgan fingerprint density at radius 3 is 2.31 bits per heavy atom. The van der Waals surface area contributed by atoms with Crippen LogP contribution in [-0.4, -0.2) is 26.4 Å². The summed E-state index contributed by atoms with van der Waals surface area (Å²) >= 11 is 1.63. The van der Waals surface area contributed by atoms with Crippen LogP contribution in [0.4, 0.5) is 5.69 Å². The van der Waals surface area contributed by atoms with E-state index < -0.39 is 0 Å². The Balaban J connectivity index is 1.38. The van der Waals surface area contributed by atoms with E-state index in [1.165, 1.54) is 11.1 Å². The molecule has 1 N–H and O–H groups in total. The minimum Gasteiger partial charge on any atom is -0.326 e. The molecule has 0 unspecified atom stereocenters. The Kier molecular flexibility index (Phi) is 7.35. The molecule has 0 aliphatic heterocycles. The molecule has 0 fully saturated rings. The number of aromatic nitrogens is 3. The maximum absolute atomic E-state index is 12.3. The lowest BCUT2D eigenvalue weighted by Crippen LogP contribution is -2.11. The van der Waals surface area contributed by atoms with Gasteiger partial charge in [0.05, 0.1) is 0 Å². The highest BCUT2D eigenvalue weighted by Gasteiger charge is 2.15. The molecule has 0 spiro atoms. The Bertz CT molecular complexity index is 1140. The van der Waals surface area contributed by atoms with E-state index in [4.69, 9.17) is 0 Å². The summed E-state index contributed by atoms with van der Waals surface area (Å²) in [5.74, 6) is 1.73. The minimum absolute atomic E-state index is 0.0312. The molecule has 32 heavy (non-hydrogen) atoms. The van der Waals surface area contributed by atoms with Gasteiger partial charge in [0.1, 0.15) is 5.82 Å². The van der Waals surface area contributed by atoms with Gasteiger partial charge in [0.25, 0.3) is 0 Å². The predicted octanol–water partition coefficient (Wildman–Crippen LogP) is 5.68. The Morgan fingerprint density at radius 1 is 0.906 bits per heavy atom. The van der Waals surface area contributed by atoms with Crippen molar-refractivity contribution in [2.24, 2.45) is 0 Å². The summed E-state index contributed by atoms with van der Waals surface area (Å²) in [5, 5.41) is 12.7. The first-order valence-electron chi connectivity index (χ1n) is 10.7. The Hall–Kier alpha value is -3.38. The summed E-state index contributed by atoms with van der Waals surface area (Å²) in [6.45, 7) is 2.03. The summed E-state index contributed by atoms with van der Waals surface area (Å²) in [7, 11) is 0. The molecule has 4 aromatic rings. The van der Waals surface area contributed by atoms with Crippen LogP contribution in [0.15, 0.2) is 90.1 Å². The molecule has 6 heteroatoms. The van der Waals surface area contributed by atoms with Crippen LogP contribution in [0.3, 0.4) is 0 Å². The molecule has 0 radical (unpaired) electrons. The van der Waals surface area contributed by atoms with Crippen LogP contribution in [-0.2, 0) is 11.2 Å². The van der Waals surface area contributed by atoms with Gasteiger partial charge in [0.2, 0.25) is 5.91 Å². The molecule has 0 atom stereocenters. The number of anilines is 1. The second-order valence-corrected chi connectivity index (χ2v) is 8.66. The first-order valence-corrected chi connectivity index (χ1v) is 11.7. The van der Waals surface area contributed by atoms with Gasteiger partial charge in [0, 0.05) is 30.0 Å². The van der Waals surface area contributed by atoms with Gasteiger partial charge in [-0.05, 0) is 43.2 Å². The van der Waals surface area contributed by atoms with Crippen molar-refractivity contribution in [3.8, 4) is 5.69 Å². The van der Waals surface area contributed by atoms with Crippen molar-refractivity contribution in [3.05, 3.63) is 102 Å². The monoisotopic (exact) mass is 442 g/mol. The number of para-hydroxylation sites is 1. The van der Waals surface area contributed by atoms with Crippen LogP contribution >= 0.6 is 11.8 Å². The fraction of sp³-hybridized carbons (Fsp3) is 0.192. The lowest BCUT2D eigenvalue weighted by molar-refractivity contribution is -0.116. The average molecular weight is 443 g/mol. The third kappa shape index (κ3) is 5.86. The molecule has 162 valence electrons. The topological polar surface area (TPSA) is 59.8 Å². The number of nitrogens with one attached hydrogen (secondary N) is 1. The Morgan fingerprint density at radius 2 is 1.59 bits per heavy atom. The summed E-state index contributed by atoms with van der Waals surface area (Å²) in [4.78, 5) is 12.3. The van der Waals surface area contributed by atoms with Crippen LogP contribution in [0.25, 0.3) is 5.69 Å². The van der Waals surface area contributed by atoms with Crippen LogP contribution < -0.4 is 5.32 Å². The van der Waals surface area contributed by atoms with Crippen molar-refractivity contribution in [2.75, 3.05) is 11.1 Å². The normalized spacial score (nSPS) is 10.8. The van der Waals surface area contributed by atoms with E-state index in [0.717, 1.165) is 34.5 Å².